The van der Waals surface area contributed by atoms with Gasteiger partial charge in [0.2, 0.25) is 0 Å². The predicted octanol–water partition coefficient (Wildman–Crippen LogP) is 23.4. The first-order chi connectivity index (χ1) is 47.3. The molecular weight excluding hydrogens is 1280 g/mol. The van der Waals surface area contributed by atoms with Gasteiger partial charge in [0.15, 0.2) is 12.2 Å². The maximum atomic E-state index is 13.1. The second kappa shape index (κ2) is 69.4. The van der Waals surface area contributed by atoms with Gasteiger partial charge in [0, 0.05) is 25.7 Å². The van der Waals surface area contributed by atoms with Crippen LogP contribution in [0, 0.1) is 17.8 Å². The van der Waals surface area contributed by atoms with Crippen LogP contribution in [0.25, 0.3) is 0 Å². The maximum Gasteiger partial charge on any atom is 0.472 e. The lowest BCUT2D eigenvalue weighted by Gasteiger charge is -2.21. The van der Waals surface area contributed by atoms with Gasteiger partial charge in [-0.05, 0) is 43.4 Å². The Balaban J connectivity index is 5.27. The van der Waals surface area contributed by atoms with Crippen LogP contribution in [0.5, 0.6) is 0 Å². The number of aliphatic hydroxyl groups excluding tert-OH is 1. The second-order valence-electron chi connectivity index (χ2n) is 29.6. The topological polar surface area (TPSA) is 237 Å². The molecule has 3 N–H and O–H groups in total. The van der Waals surface area contributed by atoms with Crippen molar-refractivity contribution in [3.05, 3.63) is 0 Å². The normalized spacial score (nSPS) is 14.3. The van der Waals surface area contributed by atoms with E-state index in [9.17, 15) is 43.2 Å². The van der Waals surface area contributed by atoms with E-state index in [2.05, 4.69) is 48.5 Å². The summed E-state index contributed by atoms with van der Waals surface area (Å²) in [5.41, 5.74) is 0. The SMILES string of the molecule is CCCCCCCCCCCCCCC(=O)OC[C@H](COP(=O)(O)OC[C@H](O)COP(=O)(O)OC[C@@H](COC(=O)CCCCCCCCCCCCCC(C)C)OC(=O)CCCCCCCCCCCCCCCCCC(C)C)OC(=O)CCCCCCCCCCCCC(C)CC. The Kier molecular flexibility index (Phi) is 68.1. The molecule has 0 saturated carbocycles. The van der Waals surface area contributed by atoms with Crippen molar-refractivity contribution in [3.8, 4) is 0 Å². The molecule has 0 aliphatic heterocycles. The summed E-state index contributed by atoms with van der Waals surface area (Å²) in [6.45, 7) is 12.0. The van der Waals surface area contributed by atoms with Crippen molar-refractivity contribution >= 4 is 39.5 Å². The fraction of sp³-hybridized carbons (Fsp3) is 0.949. The molecule has 0 rings (SSSR count). The molecule has 98 heavy (non-hydrogen) atoms. The number of rotatable bonds is 77. The van der Waals surface area contributed by atoms with Crippen molar-refractivity contribution in [1.29, 1.82) is 0 Å². The first-order valence-electron chi connectivity index (χ1n) is 40.9. The van der Waals surface area contributed by atoms with E-state index in [1.807, 2.05) is 0 Å². The van der Waals surface area contributed by atoms with Crippen LogP contribution in [0.15, 0.2) is 0 Å². The fourth-order valence-electron chi connectivity index (χ4n) is 12.1. The molecule has 3 unspecified atom stereocenters. The highest BCUT2D eigenvalue weighted by molar-refractivity contribution is 7.47. The summed E-state index contributed by atoms with van der Waals surface area (Å²) >= 11 is 0. The quantitative estimate of drug-likeness (QED) is 0.0222. The van der Waals surface area contributed by atoms with Crippen LogP contribution in [0.2, 0.25) is 0 Å². The molecule has 582 valence electrons. The van der Waals surface area contributed by atoms with Gasteiger partial charge in [-0.2, -0.15) is 0 Å². The molecular formula is C79H154O17P2. The van der Waals surface area contributed by atoms with Crippen LogP contribution < -0.4 is 0 Å². The van der Waals surface area contributed by atoms with Crippen molar-refractivity contribution in [3.63, 3.8) is 0 Å². The third-order valence-corrected chi connectivity index (χ3v) is 20.6. The van der Waals surface area contributed by atoms with Crippen molar-refractivity contribution in [1.82, 2.24) is 0 Å². The summed E-state index contributed by atoms with van der Waals surface area (Å²) in [6.07, 6.45) is 56.6. The Labute approximate surface area is 600 Å². The van der Waals surface area contributed by atoms with Crippen LogP contribution >= 0.6 is 15.6 Å². The Morgan fingerprint density at radius 1 is 0.296 bits per heavy atom. The number of unbranched alkanes of at least 4 members (excludes halogenated alkanes) is 44. The number of aliphatic hydroxyl groups is 1. The summed E-state index contributed by atoms with van der Waals surface area (Å²) in [4.78, 5) is 73.0. The molecule has 0 spiro atoms. The standard InChI is InChI=1S/C79H154O17P2/c1-8-10-11-12-13-14-15-24-32-39-46-53-60-76(81)89-67-75(96-79(84)63-56-49-42-35-28-27-31-38-45-52-59-72(7)9-2)69-94-98(87,88)92-65-73(80)64-91-97(85,86)93-68-74(66-90-77(82)61-54-47-40-33-26-21-23-30-37-44-51-58-71(5)6)95-78(83)62-55-48-41-34-25-20-18-16-17-19-22-29-36-43-50-57-70(3)4/h70-75,80H,8-69H2,1-7H3,(H,85,86)(H,87,88)/t72?,73-,74-,75-/m1/s1. The first-order valence-corrected chi connectivity index (χ1v) is 43.9. The summed E-state index contributed by atoms with van der Waals surface area (Å²) in [7, 11) is -9.92. The van der Waals surface area contributed by atoms with Crippen LogP contribution in [-0.2, 0) is 65.4 Å². The van der Waals surface area contributed by atoms with E-state index in [-0.39, 0.29) is 25.7 Å². The number of phosphoric acid groups is 2. The van der Waals surface area contributed by atoms with E-state index in [0.717, 1.165) is 108 Å². The molecule has 0 radical (unpaired) electrons. The average molecular weight is 1440 g/mol. The van der Waals surface area contributed by atoms with Crippen molar-refractivity contribution in [2.75, 3.05) is 39.6 Å². The van der Waals surface area contributed by atoms with Crippen molar-refractivity contribution < 1.29 is 80.2 Å². The Bertz CT molecular complexity index is 1910. The van der Waals surface area contributed by atoms with Crippen LogP contribution in [0.1, 0.15) is 408 Å². The van der Waals surface area contributed by atoms with E-state index in [0.29, 0.717) is 25.7 Å². The van der Waals surface area contributed by atoms with Gasteiger partial charge in [-0.3, -0.25) is 37.3 Å². The summed E-state index contributed by atoms with van der Waals surface area (Å²) in [6, 6.07) is 0. The molecule has 0 saturated heterocycles. The zero-order chi connectivity index (χ0) is 72.3. The molecule has 0 bridgehead atoms. The monoisotopic (exact) mass is 1440 g/mol. The van der Waals surface area contributed by atoms with Crippen molar-refractivity contribution in [2.45, 2.75) is 426 Å². The van der Waals surface area contributed by atoms with Gasteiger partial charge in [-0.1, -0.05) is 357 Å². The minimum atomic E-state index is -4.96. The number of carbonyl (C=O) groups is 4. The molecule has 0 heterocycles. The highest BCUT2D eigenvalue weighted by Crippen LogP contribution is 2.45. The zero-order valence-electron chi connectivity index (χ0n) is 64.3. The van der Waals surface area contributed by atoms with Crippen molar-refractivity contribution in [2.24, 2.45) is 17.8 Å². The largest absolute Gasteiger partial charge is 0.472 e. The fourth-order valence-corrected chi connectivity index (χ4v) is 13.7. The first kappa shape index (κ1) is 96.1. The van der Waals surface area contributed by atoms with Crippen LogP contribution in [0.3, 0.4) is 0 Å². The second-order valence-corrected chi connectivity index (χ2v) is 32.6. The van der Waals surface area contributed by atoms with Crippen LogP contribution in [-0.4, -0.2) is 96.7 Å². The molecule has 6 atom stereocenters. The molecule has 19 heteroatoms. The zero-order valence-corrected chi connectivity index (χ0v) is 66.0. The highest BCUT2D eigenvalue weighted by atomic mass is 31.2. The minimum absolute atomic E-state index is 0.106. The number of ether oxygens (including phenoxy) is 4. The predicted molar refractivity (Wildman–Crippen MR) is 400 cm³/mol. The van der Waals surface area contributed by atoms with Gasteiger partial charge in [0.25, 0.3) is 0 Å². The van der Waals surface area contributed by atoms with Gasteiger partial charge < -0.3 is 33.8 Å². The molecule has 0 aromatic rings. The smallest absolute Gasteiger partial charge is 0.462 e. The van der Waals surface area contributed by atoms with E-state index < -0.39 is 97.5 Å². The van der Waals surface area contributed by atoms with Crippen LogP contribution in [0.4, 0.5) is 0 Å². The minimum Gasteiger partial charge on any atom is -0.462 e. The molecule has 17 nitrogen and oxygen atoms in total. The number of esters is 4. The molecule has 0 aliphatic rings. The Morgan fingerprint density at radius 2 is 0.520 bits per heavy atom. The molecule has 0 fully saturated rings. The summed E-state index contributed by atoms with van der Waals surface area (Å²) < 4.78 is 68.7. The Hall–Kier alpha value is -1.94. The Morgan fingerprint density at radius 3 is 0.776 bits per heavy atom. The number of hydrogen-bond donors (Lipinski definition) is 3. The highest BCUT2D eigenvalue weighted by Gasteiger charge is 2.30. The third kappa shape index (κ3) is 71.1. The third-order valence-electron chi connectivity index (χ3n) is 18.7. The average Bonchev–Trinajstić information content (AvgIpc) is 0.932. The molecule has 0 aromatic carbocycles. The molecule has 0 aliphatic carbocycles. The molecule has 0 amide bonds. The van der Waals surface area contributed by atoms with E-state index in [4.69, 9.17) is 37.0 Å². The van der Waals surface area contributed by atoms with Gasteiger partial charge in [-0.15, -0.1) is 0 Å². The number of phosphoric ester groups is 2. The van der Waals surface area contributed by atoms with E-state index in [1.54, 1.807) is 0 Å². The van der Waals surface area contributed by atoms with Gasteiger partial charge in [0.1, 0.15) is 19.3 Å². The lowest BCUT2D eigenvalue weighted by Crippen LogP contribution is -2.30. The van der Waals surface area contributed by atoms with Gasteiger partial charge >= 0.3 is 39.5 Å². The van der Waals surface area contributed by atoms with Gasteiger partial charge in [0.05, 0.1) is 26.4 Å². The van der Waals surface area contributed by atoms with E-state index >= 15 is 0 Å². The van der Waals surface area contributed by atoms with Gasteiger partial charge in [-0.25, -0.2) is 9.13 Å². The molecule has 0 aromatic heterocycles. The van der Waals surface area contributed by atoms with E-state index in [1.165, 1.54) is 218 Å². The lowest BCUT2D eigenvalue weighted by molar-refractivity contribution is -0.161. The number of carbonyl (C=O) groups excluding carboxylic acids is 4. The summed E-state index contributed by atoms with van der Waals surface area (Å²) in [5.74, 6) is 0.265. The lowest BCUT2D eigenvalue weighted by atomic mass is 9.99. The maximum absolute atomic E-state index is 13.1. The summed E-state index contributed by atoms with van der Waals surface area (Å²) in [5, 5.41) is 10.6. The number of hydrogen-bond acceptors (Lipinski definition) is 15.